The predicted octanol–water partition coefficient (Wildman–Crippen LogP) is 3.90. The van der Waals surface area contributed by atoms with Gasteiger partial charge in [0.05, 0.1) is 44.8 Å². The minimum atomic E-state index is -3.12. The fourth-order valence-corrected chi connectivity index (χ4v) is 6.52. The molecule has 1 saturated heterocycles. The van der Waals surface area contributed by atoms with Gasteiger partial charge in [-0.05, 0) is 48.6 Å². The zero-order chi connectivity index (χ0) is 23.2. The normalized spacial score (nSPS) is 17.5. The first-order chi connectivity index (χ1) is 15.8. The summed E-state index contributed by atoms with van der Waals surface area (Å²) in [6.07, 6.45) is 0.468. The molecule has 1 amide bonds. The Morgan fingerprint density at radius 2 is 2.06 bits per heavy atom. The summed E-state index contributed by atoms with van der Waals surface area (Å²) in [6, 6.07) is 11.2. The number of nitrogens with zero attached hydrogens (tertiary/aromatic N) is 3. The van der Waals surface area contributed by atoms with E-state index < -0.39 is 9.84 Å². The molecule has 0 bridgehead atoms. The molecule has 0 spiro atoms. The standard InChI is InChI=1S/C23H21FN4O3S2/c1-14-21-18(23(29)25-12-15-4-6-16(24)7-5-15)11-19(20-3-2-9-32-20)26-22(21)28(27-14)17-8-10-33(30,31)13-17/h2-7,9,11,17H,8,10,12-13H2,1H3,(H,25,29). The van der Waals surface area contributed by atoms with Crippen molar-refractivity contribution < 1.29 is 17.6 Å². The topological polar surface area (TPSA) is 93.9 Å². The van der Waals surface area contributed by atoms with E-state index >= 15 is 0 Å². The Morgan fingerprint density at radius 3 is 2.73 bits per heavy atom. The largest absolute Gasteiger partial charge is 0.348 e. The molecule has 1 aromatic carbocycles. The van der Waals surface area contributed by atoms with Gasteiger partial charge in [0.2, 0.25) is 0 Å². The second kappa shape index (κ2) is 8.35. The third kappa shape index (κ3) is 4.28. The second-order valence-electron chi connectivity index (χ2n) is 8.13. The van der Waals surface area contributed by atoms with Gasteiger partial charge in [-0.1, -0.05) is 18.2 Å². The van der Waals surface area contributed by atoms with Crippen LogP contribution in [0.15, 0.2) is 47.8 Å². The average molecular weight is 485 g/mol. The monoisotopic (exact) mass is 484 g/mol. The number of benzene rings is 1. The van der Waals surface area contributed by atoms with Crippen molar-refractivity contribution in [3.63, 3.8) is 0 Å². The van der Waals surface area contributed by atoms with Crippen molar-refractivity contribution in [3.05, 3.63) is 70.5 Å². The Bertz CT molecular complexity index is 1450. The molecule has 7 nitrogen and oxygen atoms in total. The van der Waals surface area contributed by atoms with E-state index in [0.717, 1.165) is 10.4 Å². The number of rotatable bonds is 5. The molecule has 1 aliphatic rings. The fourth-order valence-electron chi connectivity index (χ4n) is 4.15. The maximum atomic E-state index is 13.3. The molecule has 1 fully saturated rings. The molecule has 33 heavy (non-hydrogen) atoms. The predicted molar refractivity (Wildman–Crippen MR) is 125 cm³/mol. The Labute approximate surface area is 194 Å². The maximum absolute atomic E-state index is 13.3. The van der Waals surface area contributed by atoms with Gasteiger partial charge in [-0.15, -0.1) is 11.3 Å². The number of carbonyl (C=O) groups excluding carboxylic acids is 1. The lowest BCUT2D eigenvalue weighted by Crippen LogP contribution is -2.23. The summed E-state index contributed by atoms with van der Waals surface area (Å²) in [5.74, 6) is -0.502. The molecule has 0 saturated carbocycles. The van der Waals surface area contributed by atoms with E-state index in [2.05, 4.69) is 10.4 Å². The number of hydrogen-bond donors (Lipinski definition) is 1. The first-order valence-electron chi connectivity index (χ1n) is 10.5. The van der Waals surface area contributed by atoms with Crippen LogP contribution in [-0.4, -0.2) is 40.6 Å². The summed E-state index contributed by atoms with van der Waals surface area (Å²) in [4.78, 5) is 19.0. The highest BCUT2D eigenvalue weighted by atomic mass is 32.2. The number of aryl methyl sites for hydroxylation is 1. The number of fused-ring (bicyclic) bond motifs is 1. The summed E-state index contributed by atoms with van der Waals surface area (Å²) in [5, 5.41) is 10.0. The van der Waals surface area contributed by atoms with Crippen molar-refractivity contribution in [3.8, 4) is 10.6 Å². The van der Waals surface area contributed by atoms with Crippen molar-refractivity contribution in [1.82, 2.24) is 20.1 Å². The van der Waals surface area contributed by atoms with Crippen molar-refractivity contribution in [2.75, 3.05) is 11.5 Å². The van der Waals surface area contributed by atoms with Gasteiger partial charge in [0, 0.05) is 6.54 Å². The van der Waals surface area contributed by atoms with Gasteiger partial charge in [-0.2, -0.15) is 5.10 Å². The number of halogens is 1. The summed E-state index contributed by atoms with van der Waals surface area (Å²) >= 11 is 1.51. The van der Waals surface area contributed by atoms with Gasteiger partial charge in [0.1, 0.15) is 5.82 Å². The second-order valence-corrected chi connectivity index (χ2v) is 11.3. The van der Waals surface area contributed by atoms with Gasteiger partial charge in [0.15, 0.2) is 15.5 Å². The minimum Gasteiger partial charge on any atom is -0.348 e. The van der Waals surface area contributed by atoms with Crippen molar-refractivity contribution in [2.24, 2.45) is 0 Å². The van der Waals surface area contributed by atoms with Gasteiger partial charge >= 0.3 is 0 Å². The number of thiophene rings is 1. The van der Waals surface area contributed by atoms with Crippen LogP contribution < -0.4 is 5.32 Å². The Kier molecular flexibility index (Phi) is 5.49. The van der Waals surface area contributed by atoms with E-state index in [1.807, 2.05) is 17.5 Å². The van der Waals surface area contributed by atoms with Gasteiger partial charge < -0.3 is 5.32 Å². The van der Waals surface area contributed by atoms with E-state index in [1.165, 1.54) is 23.5 Å². The molecule has 170 valence electrons. The highest BCUT2D eigenvalue weighted by Crippen LogP contribution is 2.33. The quantitative estimate of drug-likeness (QED) is 0.464. The molecule has 1 unspecified atom stereocenters. The average Bonchev–Trinajstić information content (AvgIpc) is 3.52. The summed E-state index contributed by atoms with van der Waals surface area (Å²) < 4.78 is 39.0. The van der Waals surface area contributed by atoms with Gasteiger partial charge in [-0.25, -0.2) is 22.5 Å². The van der Waals surface area contributed by atoms with Crippen LogP contribution in [0.2, 0.25) is 0 Å². The van der Waals surface area contributed by atoms with Crippen LogP contribution in [0.3, 0.4) is 0 Å². The molecular weight excluding hydrogens is 463 g/mol. The van der Waals surface area contributed by atoms with Crippen LogP contribution in [0.5, 0.6) is 0 Å². The third-order valence-corrected chi connectivity index (χ3v) is 8.42. The van der Waals surface area contributed by atoms with Crippen molar-refractivity contribution in [1.29, 1.82) is 0 Å². The maximum Gasteiger partial charge on any atom is 0.252 e. The van der Waals surface area contributed by atoms with Gasteiger partial charge in [0.25, 0.3) is 5.91 Å². The van der Waals surface area contributed by atoms with Gasteiger partial charge in [-0.3, -0.25) is 4.79 Å². The zero-order valence-corrected chi connectivity index (χ0v) is 19.4. The smallest absolute Gasteiger partial charge is 0.252 e. The molecular formula is C23H21FN4O3S2. The minimum absolute atomic E-state index is 0.0141. The fraction of sp³-hybridized carbons (Fsp3) is 0.261. The first kappa shape index (κ1) is 21.7. The Hall–Kier alpha value is -3.11. The number of pyridine rings is 1. The number of amides is 1. The number of aromatic nitrogens is 3. The third-order valence-electron chi connectivity index (χ3n) is 5.78. The number of hydrogen-bond acceptors (Lipinski definition) is 6. The van der Waals surface area contributed by atoms with Crippen molar-refractivity contribution in [2.45, 2.75) is 25.9 Å². The lowest BCUT2D eigenvalue weighted by molar-refractivity contribution is 0.0952. The van der Waals surface area contributed by atoms with E-state index in [0.29, 0.717) is 34.4 Å². The Morgan fingerprint density at radius 1 is 1.27 bits per heavy atom. The van der Waals surface area contributed by atoms with E-state index in [9.17, 15) is 17.6 Å². The zero-order valence-electron chi connectivity index (χ0n) is 17.8. The molecule has 3 aromatic heterocycles. The molecule has 1 N–H and O–H groups in total. The summed E-state index contributed by atoms with van der Waals surface area (Å²) in [7, 11) is -3.12. The van der Waals surface area contributed by atoms with Crippen LogP contribution in [0.25, 0.3) is 21.6 Å². The molecule has 4 heterocycles. The summed E-state index contributed by atoms with van der Waals surface area (Å²) in [6.45, 7) is 2.04. The lowest BCUT2D eigenvalue weighted by atomic mass is 10.1. The number of sulfone groups is 1. The highest BCUT2D eigenvalue weighted by Gasteiger charge is 2.32. The SMILES string of the molecule is Cc1nn(C2CCS(=O)(=O)C2)c2nc(-c3cccs3)cc(C(=O)NCc3ccc(F)cc3)c12. The first-order valence-corrected chi connectivity index (χ1v) is 13.2. The van der Waals surface area contributed by atoms with Crippen LogP contribution in [-0.2, 0) is 16.4 Å². The Balaban J connectivity index is 1.58. The molecule has 0 aliphatic carbocycles. The summed E-state index contributed by atoms with van der Waals surface area (Å²) in [5.41, 5.74) is 2.96. The van der Waals surface area contributed by atoms with Crippen LogP contribution >= 0.6 is 11.3 Å². The molecule has 1 aliphatic heterocycles. The van der Waals surface area contributed by atoms with Crippen LogP contribution in [0.1, 0.15) is 34.1 Å². The highest BCUT2D eigenvalue weighted by molar-refractivity contribution is 7.91. The molecule has 4 aromatic rings. The molecule has 5 rings (SSSR count). The lowest BCUT2D eigenvalue weighted by Gasteiger charge is -2.12. The number of nitrogens with one attached hydrogen (secondary N) is 1. The van der Waals surface area contributed by atoms with Crippen LogP contribution in [0.4, 0.5) is 4.39 Å². The molecule has 1 atom stereocenters. The van der Waals surface area contributed by atoms with E-state index in [1.54, 1.807) is 29.8 Å². The van der Waals surface area contributed by atoms with E-state index in [-0.39, 0.29) is 35.8 Å². The molecule has 0 radical (unpaired) electrons. The van der Waals surface area contributed by atoms with Crippen molar-refractivity contribution >= 4 is 38.1 Å². The van der Waals surface area contributed by atoms with Crippen LogP contribution in [0, 0.1) is 12.7 Å². The molecule has 10 heteroatoms. The number of carbonyl (C=O) groups is 1. The van der Waals surface area contributed by atoms with E-state index in [4.69, 9.17) is 4.98 Å².